The molecule has 1 N–H and O–H groups in total. The summed E-state index contributed by atoms with van der Waals surface area (Å²) in [4.78, 5) is 13.7. The van der Waals surface area contributed by atoms with Crippen LogP contribution in [0.2, 0.25) is 0 Å². The molecule has 0 aromatic rings. The van der Waals surface area contributed by atoms with Gasteiger partial charge in [-0.25, -0.2) is 0 Å². The lowest BCUT2D eigenvalue weighted by atomic mass is 10.1. The van der Waals surface area contributed by atoms with E-state index in [1.807, 2.05) is 11.8 Å². The van der Waals surface area contributed by atoms with Crippen molar-refractivity contribution in [3.63, 3.8) is 0 Å². The maximum atomic E-state index is 11.7. The number of aliphatic hydroxyl groups is 1. The smallest absolute Gasteiger partial charge is 0.232 e. The summed E-state index contributed by atoms with van der Waals surface area (Å²) in [5, 5.41) is 9.44. The third-order valence-electron chi connectivity index (χ3n) is 2.86. The van der Waals surface area contributed by atoms with E-state index in [-0.39, 0.29) is 17.3 Å². The van der Waals surface area contributed by atoms with Gasteiger partial charge in [-0.2, -0.15) is 0 Å². The Labute approximate surface area is 96.2 Å². The summed E-state index contributed by atoms with van der Waals surface area (Å²) >= 11 is 1.55. The SMILES string of the molecule is C[C@H](O)[C@@H](C)SCC(=O)N1CCCCC1. The van der Waals surface area contributed by atoms with Crippen molar-refractivity contribution in [3.05, 3.63) is 0 Å². The minimum Gasteiger partial charge on any atom is -0.392 e. The van der Waals surface area contributed by atoms with Gasteiger partial charge in [0.1, 0.15) is 0 Å². The van der Waals surface area contributed by atoms with Gasteiger partial charge in [-0.1, -0.05) is 6.92 Å². The summed E-state index contributed by atoms with van der Waals surface area (Å²) in [6.45, 7) is 5.56. The minimum absolute atomic E-state index is 0.138. The molecule has 4 heteroatoms. The van der Waals surface area contributed by atoms with Crippen LogP contribution in [0.4, 0.5) is 0 Å². The first-order chi connectivity index (χ1) is 7.11. The standard InChI is InChI=1S/C11H21NO2S/c1-9(13)10(2)15-8-11(14)12-6-4-3-5-7-12/h9-10,13H,3-8H2,1-2H3/t9-,10+/m0/s1. The molecule has 1 amide bonds. The molecule has 15 heavy (non-hydrogen) atoms. The van der Waals surface area contributed by atoms with E-state index in [9.17, 15) is 9.90 Å². The summed E-state index contributed by atoms with van der Waals surface area (Å²) in [5.41, 5.74) is 0. The molecule has 0 aromatic carbocycles. The number of hydrogen-bond donors (Lipinski definition) is 1. The average Bonchev–Trinajstić information content (AvgIpc) is 2.26. The maximum absolute atomic E-state index is 11.7. The van der Waals surface area contributed by atoms with Crippen LogP contribution in [0.3, 0.4) is 0 Å². The highest BCUT2D eigenvalue weighted by atomic mass is 32.2. The number of hydrogen-bond acceptors (Lipinski definition) is 3. The minimum atomic E-state index is -0.343. The van der Waals surface area contributed by atoms with Crippen molar-refractivity contribution in [2.75, 3.05) is 18.8 Å². The lowest BCUT2D eigenvalue weighted by molar-refractivity contribution is -0.129. The van der Waals surface area contributed by atoms with E-state index in [0.29, 0.717) is 5.75 Å². The van der Waals surface area contributed by atoms with Crippen LogP contribution in [0, 0.1) is 0 Å². The molecule has 1 saturated heterocycles. The van der Waals surface area contributed by atoms with Crippen LogP contribution in [0.25, 0.3) is 0 Å². The van der Waals surface area contributed by atoms with Crippen molar-refractivity contribution in [3.8, 4) is 0 Å². The fourth-order valence-corrected chi connectivity index (χ4v) is 2.44. The molecule has 1 aliphatic heterocycles. The highest BCUT2D eigenvalue weighted by Crippen LogP contribution is 2.16. The van der Waals surface area contributed by atoms with Crippen LogP contribution in [-0.4, -0.2) is 46.1 Å². The van der Waals surface area contributed by atoms with Crippen molar-refractivity contribution >= 4 is 17.7 Å². The number of amides is 1. The van der Waals surface area contributed by atoms with Crippen molar-refractivity contribution in [2.45, 2.75) is 44.5 Å². The summed E-state index contributed by atoms with van der Waals surface area (Å²) in [6.07, 6.45) is 3.19. The highest BCUT2D eigenvalue weighted by molar-refractivity contribution is 8.00. The predicted octanol–water partition coefficient (Wildman–Crippen LogP) is 1.50. The Bertz CT molecular complexity index is 203. The van der Waals surface area contributed by atoms with Crippen molar-refractivity contribution in [1.82, 2.24) is 4.90 Å². The van der Waals surface area contributed by atoms with Gasteiger partial charge in [-0.3, -0.25) is 4.79 Å². The van der Waals surface area contributed by atoms with E-state index in [1.54, 1.807) is 18.7 Å². The zero-order chi connectivity index (χ0) is 11.3. The summed E-state index contributed by atoms with van der Waals surface area (Å²) in [7, 11) is 0. The largest absolute Gasteiger partial charge is 0.392 e. The predicted molar refractivity (Wildman–Crippen MR) is 64.0 cm³/mol. The molecule has 1 heterocycles. The Balaban J connectivity index is 2.22. The van der Waals surface area contributed by atoms with Crippen molar-refractivity contribution in [2.24, 2.45) is 0 Å². The van der Waals surface area contributed by atoms with Gasteiger partial charge in [0, 0.05) is 18.3 Å². The molecule has 2 atom stereocenters. The number of rotatable bonds is 4. The molecule has 0 radical (unpaired) electrons. The molecular weight excluding hydrogens is 210 g/mol. The van der Waals surface area contributed by atoms with Gasteiger partial charge < -0.3 is 10.0 Å². The molecule has 1 rings (SSSR count). The molecular formula is C11H21NO2S. The van der Waals surface area contributed by atoms with Gasteiger partial charge in [-0.15, -0.1) is 11.8 Å². The topological polar surface area (TPSA) is 40.5 Å². The Hall–Kier alpha value is -0.220. The monoisotopic (exact) mass is 231 g/mol. The number of thioether (sulfide) groups is 1. The van der Waals surface area contributed by atoms with E-state index in [4.69, 9.17) is 0 Å². The van der Waals surface area contributed by atoms with Crippen LogP contribution in [0.1, 0.15) is 33.1 Å². The van der Waals surface area contributed by atoms with Gasteiger partial charge in [0.25, 0.3) is 0 Å². The first-order valence-corrected chi connectivity index (χ1v) is 6.73. The lowest BCUT2D eigenvalue weighted by Crippen LogP contribution is -2.37. The molecule has 0 saturated carbocycles. The first kappa shape index (κ1) is 12.8. The quantitative estimate of drug-likeness (QED) is 0.797. The number of likely N-dealkylation sites (tertiary alicyclic amines) is 1. The third-order valence-corrected chi connectivity index (χ3v) is 4.19. The van der Waals surface area contributed by atoms with Gasteiger partial charge in [0.15, 0.2) is 0 Å². The second kappa shape index (κ2) is 6.38. The van der Waals surface area contributed by atoms with Gasteiger partial charge in [0.05, 0.1) is 11.9 Å². The second-order valence-corrected chi connectivity index (χ2v) is 5.56. The summed E-state index contributed by atoms with van der Waals surface area (Å²) in [5.74, 6) is 0.735. The number of carbonyl (C=O) groups is 1. The van der Waals surface area contributed by atoms with Crippen LogP contribution in [-0.2, 0) is 4.79 Å². The zero-order valence-electron chi connectivity index (χ0n) is 9.61. The Morgan fingerprint density at radius 3 is 2.47 bits per heavy atom. The normalized spacial score (nSPS) is 21.1. The number of piperidine rings is 1. The van der Waals surface area contributed by atoms with E-state index in [1.165, 1.54) is 6.42 Å². The van der Waals surface area contributed by atoms with Gasteiger partial charge >= 0.3 is 0 Å². The molecule has 0 spiro atoms. The number of carbonyl (C=O) groups excluding carboxylic acids is 1. The molecule has 3 nitrogen and oxygen atoms in total. The first-order valence-electron chi connectivity index (χ1n) is 5.68. The molecule has 88 valence electrons. The molecule has 1 aliphatic rings. The van der Waals surface area contributed by atoms with E-state index in [0.717, 1.165) is 25.9 Å². The van der Waals surface area contributed by atoms with Crippen LogP contribution >= 0.6 is 11.8 Å². The highest BCUT2D eigenvalue weighted by Gasteiger charge is 2.18. The van der Waals surface area contributed by atoms with Crippen molar-refractivity contribution < 1.29 is 9.90 Å². The third kappa shape index (κ3) is 4.43. The Morgan fingerprint density at radius 2 is 1.93 bits per heavy atom. The molecule has 0 bridgehead atoms. The van der Waals surface area contributed by atoms with Crippen molar-refractivity contribution in [1.29, 1.82) is 0 Å². The van der Waals surface area contributed by atoms with Crippen LogP contribution in [0.5, 0.6) is 0 Å². The zero-order valence-corrected chi connectivity index (χ0v) is 10.4. The summed E-state index contributed by atoms with van der Waals surface area (Å²) < 4.78 is 0. The van der Waals surface area contributed by atoms with Crippen LogP contribution in [0.15, 0.2) is 0 Å². The number of nitrogens with zero attached hydrogens (tertiary/aromatic N) is 1. The molecule has 0 aliphatic carbocycles. The lowest BCUT2D eigenvalue weighted by Gasteiger charge is -2.27. The Morgan fingerprint density at radius 1 is 1.33 bits per heavy atom. The maximum Gasteiger partial charge on any atom is 0.232 e. The molecule has 1 fully saturated rings. The summed E-state index contributed by atoms with van der Waals surface area (Å²) in [6, 6.07) is 0. The fourth-order valence-electron chi connectivity index (χ4n) is 1.58. The fraction of sp³-hybridized carbons (Fsp3) is 0.909. The van der Waals surface area contributed by atoms with E-state index >= 15 is 0 Å². The molecule has 0 aromatic heterocycles. The van der Waals surface area contributed by atoms with Gasteiger partial charge in [-0.05, 0) is 26.2 Å². The van der Waals surface area contributed by atoms with E-state index < -0.39 is 0 Å². The number of aliphatic hydroxyl groups excluding tert-OH is 1. The van der Waals surface area contributed by atoms with Crippen LogP contribution < -0.4 is 0 Å². The average molecular weight is 231 g/mol. The second-order valence-electron chi connectivity index (χ2n) is 4.20. The Kier molecular flexibility index (Phi) is 5.47. The van der Waals surface area contributed by atoms with E-state index in [2.05, 4.69) is 0 Å². The molecule has 0 unspecified atom stereocenters. The van der Waals surface area contributed by atoms with Gasteiger partial charge in [0.2, 0.25) is 5.91 Å².